The second kappa shape index (κ2) is 7.92. The number of benzene rings is 2. The highest BCUT2D eigenvalue weighted by molar-refractivity contribution is 7.24. The van der Waals surface area contributed by atoms with Gasteiger partial charge in [0.1, 0.15) is 0 Å². The summed E-state index contributed by atoms with van der Waals surface area (Å²) in [5, 5.41) is 1.84. The summed E-state index contributed by atoms with van der Waals surface area (Å²) >= 11 is 1.79. The van der Waals surface area contributed by atoms with Gasteiger partial charge in [0, 0.05) is 20.2 Å². The molecule has 1 heterocycles. The molecule has 1 atom stereocenters. The fourth-order valence-corrected chi connectivity index (χ4v) is 5.30. The lowest BCUT2D eigenvalue weighted by Crippen LogP contribution is -2.10. The number of rotatable bonds is 6. The van der Waals surface area contributed by atoms with Crippen LogP contribution in [0.4, 0.5) is 0 Å². The Labute approximate surface area is 161 Å². The third-order valence-corrected chi connectivity index (χ3v) is 6.21. The molecule has 0 aliphatic carbocycles. The van der Waals surface area contributed by atoms with Crippen molar-refractivity contribution in [2.45, 2.75) is 53.9 Å². The summed E-state index contributed by atoms with van der Waals surface area (Å²) in [7, 11) is 0. The van der Waals surface area contributed by atoms with E-state index in [0.717, 1.165) is 28.3 Å². The summed E-state index contributed by atoms with van der Waals surface area (Å²) in [6.45, 7) is 11.3. The maximum atomic E-state index is 13.4. The minimum atomic E-state index is 0.215. The van der Waals surface area contributed by atoms with Crippen LogP contribution in [-0.2, 0) is 12.8 Å². The van der Waals surface area contributed by atoms with Crippen LogP contribution in [0.3, 0.4) is 0 Å². The van der Waals surface area contributed by atoms with E-state index in [9.17, 15) is 4.79 Å². The lowest BCUT2D eigenvalue weighted by atomic mass is 9.89. The van der Waals surface area contributed by atoms with Gasteiger partial charge in [-0.25, -0.2) is 0 Å². The van der Waals surface area contributed by atoms with Crippen molar-refractivity contribution in [3.63, 3.8) is 0 Å². The average molecular weight is 367 g/mol. The highest BCUT2D eigenvalue weighted by atomic mass is 32.1. The van der Waals surface area contributed by atoms with Gasteiger partial charge in [-0.3, -0.25) is 4.79 Å². The van der Waals surface area contributed by atoms with Crippen LogP contribution in [0.15, 0.2) is 41.2 Å². The van der Waals surface area contributed by atoms with Gasteiger partial charge in [0.05, 0.1) is 0 Å². The quantitative estimate of drug-likeness (QED) is 0.437. The Balaban J connectivity index is 2.23. The van der Waals surface area contributed by atoms with E-state index in [-0.39, 0.29) is 5.43 Å². The van der Waals surface area contributed by atoms with Crippen LogP contribution in [0, 0.1) is 17.8 Å². The van der Waals surface area contributed by atoms with E-state index in [0.29, 0.717) is 17.8 Å². The van der Waals surface area contributed by atoms with Gasteiger partial charge in [-0.1, -0.05) is 58.9 Å². The molecule has 0 bridgehead atoms. The fourth-order valence-electron chi connectivity index (χ4n) is 4.05. The minimum absolute atomic E-state index is 0.215. The van der Waals surface area contributed by atoms with Crippen molar-refractivity contribution in [2.75, 3.05) is 0 Å². The van der Waals surface area contributed by atoms with Gasteiger partial charge in [-0.05, 0) is 60.3 Å². The molecule has 138 valence electrons. The Kier molecular flexibility index (Phi) is 5.82. The maximum Gasteiger partial charge on any atom is 0.196 e. The Bertz CT molecular complexity index is 965. The van der Waals surface area contributed by atoms with Gasteiger partial charge in [0.25, 0.3) is 0 Å². The van der Waals surface area contributed by atoms with Crippen molar-refractivity contribution in [1.29, 1.82) is 0 Å². The predicted molar refractivity (Wildman–Crippen MR) is 116 cm³/mol. The van der Waals surface area contributed by atoms with Crippen molar-refractivity contribution < 1.29 is 0 Å². The van der Waals surface area contributed by atoms with Crippen LogP contribution in [0.5, 0.6) is 0 Å². The third-order valence-electron chi connectivity index (χ3n) is 4.97. The summed E-state index contributed by atoms with van der Waals surface area (Å²) in [5.41, 5.74) is 2.77. The summed E-state index contributed by atoms with van der Waals surface area (Å²) in [4.78, 5) is 13.4. The van der Waals surface area contributed by atoms with Crippen LogP contribution in [-0.4, -0.2) is 0 Å². The summed E-state index contributed by atoms with van der Waals surface area (Å²) < 4.78 is 2.30. The standard InChI is InChI=1S/C24H30OS/c1-15(2)12-17(5)14-18-10-11-19(13-16(3)4)24-22(18)23(25)20-8-6-7-9-21(20)26-24/h6-11,15-17H,12-14H2,1-5H3. The molecular formula is C24H30OS. The highest BCUT2D eigenvalue weighted by Gasteiger charge is 2.16. The van der Waals surface area contributed by atoms with Crippen LogP contribution in [0.25, 0.3) is 20.2 Å². The van der Waals surface area contributed by atoms with Crippen molar-refractivity contribution >= 4 is 31.5 Å². The molecule has 2 aromatic carbocycles. The molecule has 3 rings (SSSR count). The summed E-state index contributed by atoms with van der Waals surface area (Å²) in [6.07, 6.45) is 3.20. The van der Waals surface area contributed by atoms with Gasteiger partial charge in [-0.15, -0.1) is 11.3 Å². The van der Waals surface area contributed by atoms with Crippen molar-refractivity contribution in [1.82, 2.24) is 0 Å². The smallest absolute Gasteiger partial charge is 0.196 e. The monoisotopic (exact) mass is 366 g/mol. The predicted octanol–water partition coefficient (Wildman–Crippen LogP) is 6.84. The largest absolute Gasteiger partial charge is 0.288 e. The van der Waals surface area contributed by atoms with Crippen LogP contribution in [0.1, 0.15) is 52.2 Å². The molecule has 0 aliphatic heterocycles. The van der Waals surface area contributed by atoms with Crippen LogP contribution in [0.2, 0.25) is 0 Å². The first-order valence-electron chi connectivity index (χ1n) is 9.83. The summed E-state index contributed by atoms with van der Waals surface area (Å²) in [5.74, 6) is 1.86. The molecular weight excluding hydrogens is 336 g/mol. The SMILES string of the molecule is CC(C)Cc1ccc(CC(C)CC(C)C)c2c(=O)c3ccccc3sc12. The molecule has 0 amide bonds. The van der Waals surface area contributed by atoms with E-state index in [2.05, 4.69) is 52.8 Å². The molecule has 0 saturated heterocycles. The van der Waals surface area contributed by atoms with E-state index >= 15 is 0 Å². The zero-order valence-electron chi connectivity index (χ0n) is 16.6. The first-order valence-corrected chi connectivity index (χ1v) is 10.6. The first-order chi connectivity index (χ1) is 12.4. The lowest BCUT2D eigenvalue weighted by molar-refractivity contribution is 0.438. The maximum absolute atomic E-state index is 13.4. The molecule has 3 aromatic rings. The lowest BCUT2D eigenvalue weighted by Gasteiger charge is -2.17. The molecule has 0 N–H and O–H groups in total. The molecule has 0 radical (unpaired) electrons. The van der Waals surface area contributed by atoms with Gasteiger partial charge in [0.15, 0.2) is 5.43 Å². The molecule has 1 nitrogen and oxygen atoms in total. The number of hydrogen-bond acceptors (Lipinski definition) is 2. The minimum Gasteiger partial charge on any atom is -0.288 e. The Morgan fingerprint density at radius 2 is 1.54 bits per heavy atom. The molecule has 0 spiro atoms. The molecule has 0 fully saturated rings. The van der Waals surface area contributed by atoms with E-state index in [4.69, 9.17) is 0 Å². The van der Waals surface area contributed by atoms with Crippen molar-refractivity contribution in [2.24, 2.45) is 17.8 Å². The Morgan fingerprint density at radius 3 is 2.23 bits per heavy atom. The second-order valence-electron chi connectivity index (χ2n) is 8.55. The van der Waals surface area contributed by atoms with E-state index < -0.39 is 0 Å². The van der Waals surface area contributed by atoms with Crippen molar-refractivity contribution in [3.05, 3.63) is 57.7 Å². The van der Waals surface area contributed by atoms with E-state index in [1.54, 1.807) is 11.3 Å². The van der Waals surface area contributed by atoms with E-state index in [1.165, 1.54) is 22.2 Å². The molecule has 0 aliphatic rings. The first kappa shape index (κ1) is 19.1. The van der Waals surface area contributed by atoms with Gasteiger partial charge in [-0.2, -0.15) is 0 Å². The molecule has 1 aromatic heterocycles. The molecule has 2 heteroatoms. The third kappa shape index (κ3) is 4.01. The zero-order valence-corrected chi connectivity index (χ0v) is 17.5. The average Bonchev–Trinajstić information content (AvgIpc) is 2.56. The fraction of sp³-hybridized carbons (Fsp3) is 0.458. The molecule has 1 unspecified atom stereocenters. The number of hydrogen-bond donors (Lipinski definition) is 0. The highest BCUT2D eigenvalue weighted by Crippen LogP contribution is 2.32. The van der Waals surface area contributed by atoms with Gasteiger partial charge < -0.3 is 0 Å². The number of fused-ring (bicyclic) bond motifs is 2. The topological polar surface area (TPSA) is 17.1 Å². The Hall–Kier alpha value is -1.67. The normalized spacial score (nSPS) is 13.2. The molecule has 26 heavy (non-hydrogen) atoms. The summed E-state index contributed by atoms with van der Waals surface area (Å²) in [6, 6.07) is 12.5. The van der Waals surface area contributed by atoms with Crippen molar-refractivity contribution in [3.8, 4) is 0 Å². The van der Waals surface area contributed by atoms with E-state index in [1.807, 2.05) is 18.2 Å². The Morgan fingerprint density at radius 1 is 0.846 bits per heavy atom. The van der Waals surface area contributed by atoms with Gasteiger partial charge >= 0.3 is 0 Å². The zero-order chi connectivity index (χ0) is 18.8. The van der Waals surface area contributed by atoms with Crippen LogP contribution >= 0.6 is 11.3 Å². The molecule has 0 saturated carbocycles. The van der Waals surface area contributed by atoms with Gasteiger partial charge in [0.2, 0.25) is 0 Å². The second-order valence-corrected chi connectivity index (χ2v) is 9.60. The van der Waals surface area contributed by atoms with Crippen LogP contribution < -0.4 is 5.43 Å².